The summed E-state index contributed by atoms with van der Waals surface area (Å²) in [5.74, 6) is 1.04. The van der Waals surface area contributed by atoms with Crippen molar-refractivity contribution in [2.75, 3.05) is 17.7 Å². The zero-order valence-corrected chi connectivity index (χ0v) is 19.9. The largest absolute Gasteiger partial charge is 0.376 e. The Hall–Kier alpha value is -1.68. The third-order valence-electron chi connectivity index (χ3n) is 4.85. The lowest BCUT2D eigenvalue weighted by atomic mass is 10.2. The molecule has 1 atom stereocenters. The van der Waals surface area contributed by atoms with Crippen LogP contribution in [0.5, 0.6) is 0 Å². The van der Waals surface area contributed by atoms with Crippen LogP contribution in [-0.2, 0) is 22.5 Å². The van der Waals surface area contributed by atoms with Gasteiger partial charge in [-0.1, -0.05) is 34.6 Å². The molecule has 1 amide bonds. The van der Waals surface area contributed by atoms with E-state index < -0.39 is 0 Å². The molecule has 0 radical (unpaired) electrons. The first kappa shape index (κ1) is 21.5. The second-order valence-corrected chi connectivity index (χ2v) is 9.90. The van der Waals surface area contributed by atoms with Crippen molar-refractivity contribution in [2.45, 2.75) is 44.0 Å². The van der Waals surface area contributed by atoms with Crippen LogP contribution in [0.3, 0.4) is 0 Å². The van der Waals surface area contributed by atoms with Gasteiger partial charge in [0.2, 0.25) is 5.91 Å². The zero-order chi connectivity index (χ0) is 20.9. The minimum Gasteiger partial charge on any atom is -0.376 e. The molecule has 4 rings (SSSR count). The molecule has 0 bridgehead atoms. The molecule has 1 saturated heterocycles. The van der Waals surface area contributed by atoms with E-state index in [0.29, 0.717) is 6.54 Å². The van der Waals surface area contributed by atoms with Crippen LogP contribution in [0.1, 0.15) is 24.6 Å². The second kappa shape index (κ2) is 10.1. The van der Waals surface area contributed by atoms with Crippen molar-refractivity contribution in [3.05, 3.63) is 45.1 Å². The molecule has 0 saturated carbocycles. The van der Waals surface area contributed by atoms with E-state index in [2.05, 4.69) is 54.4 Å². The second-order valence-electron chi connectivity index (χ2n) is 7.05. The third-order valence-corrected chi connectivity index (χ3v) is 7.42. The number of aromatic nitrogens is 3. The van der Waals surface area contributed by atoms with Crippen molar-refractivity contribution < 1.29 is 9.53 Å². The Balaban J connectivity index is 1.48. The summed E-state index contributed by atoms with van der Waals surface area (Å²) in [6.07, 6.45) is 3.29. The number of thiophene rings is 1. The smallest absolute Gasteiger partial charge is 0.234 e. The average molecular weight is 507 g/mol. The van der Waals surface area contributed by atoms with Crippen molar-refractivity contribution >= 4 is 50.6 Å². The van der Waals surface area contributed by atoms with Gasteiger partial charge in [0.05, 0.1) is 18.4 Å². The number of ether oxygens (including phenoxy) is 1. The van der Waals surface area contributed by atoms with Crippen LogP contribution in [0.2, 0.25) is 0 Å². The summed E-state index contributed by atoms with van der Waals surface area (Å²) in [5, 5.41) is 14.6. The summed E-state index contributed by atoms with van der Waals surface area (Å²) < 4.78 is 8.93. The molecule has 0 aliphatic carbocycles. The van der Waals surface area contributed by atoms with Gasteiger partial charge in [-0.05, 0) is 49.6 Å². The van der Waals surface area contributed by atoms with E-state index in [0.717, 1.165) is 52.6 Å². The molecular weight excluding hydrogens is 484 g/mol. The molecule has 1 aromatic carbocycles. The van der Waals surface area contributed by atoms with Gasteiger partial charge >= 0.3 is 0 Å². The Bertz CT molecular complexity index is 997. The van der Waals surface area contributed by atoms with Gasteiger partial charge in [0.25, 0.3) is 0 Å². The van der Waals surface area contributed by atoms with Crippen molar-refractivity contribution in [2.24, 2.45) is 0 Å². The molecule has 1 aliphatic heterocycles. The summed E-state index contributed by atoms with van der Waals surface area (Å²) in [4.78, 5) is 13.7. The normalized spacial score (nSPS) is 16.1. The zero-order valence-electron chi connectivity index (χ0n) is 16.6. The summed E-state index contributed by atoms with van der Waals surface area (Å²) >= 11 is 6.54. The number of hydrogen-bond donors (Lipinski definition) is 1. The third kappa shape index (κ3) is 5.32. The molecular formula is C21H23BrN4O2S2. The number of carbonyl (C=O) groups excluding carboxylic acids is 1. The number of thioether (sulfide) groups is 1. The van der Waals surface area contributed by atoms with Crippen LogP contribution in [0.15, 0.2) is 45.3 Å². The van der Waals surface area contributed by atoms with E-state index in [-0.39, 0.29) is 17.8 Å². The van der Waals surface area contributed by atoms with E-state index in [1.807, 2.05) is 24.3 Å². The maximum atomic E-state index is 12.4. The molecule has 30 heavy (non-hydrogen) atoms. The van der Waals surface area contributed by atoms with E-state index in [4.69, 9.17) is 4.74 Å². The Labute approximate surface area is 192 Å². The number of carbonyl (C=O) groups is 1. The number of hydrogen-bond acceptors (Lipinski definition) is 6. The van der Waals surface area contributed by atoms with Crippen LogP contribution in [-0.4, -0.2) is 39.1 Å². The number of nitrogens with zero attached hydrogens (tertiary/aromatic N) is 3. The van der Waals surface area contributed by atoms with Gasteiger partial charge < -0.3 is 10.1 Å². The molecule has 0 spiro atoms. The minimum absolute atomic E-state index is 0.0701. The first-order valence-corrected chi connectivity index (χ1v) is 12.6. The van der Waals surface area contributed by atoms with Crippen LogP contribution < -0.4 is 5.32 Å². The number of nitrogens with one attached hydrogen (secondary N) is 1. The van der Waals surface area contributed by atoms with Crippen LogP contribution in [0.4, 0.5) is 5.69 Å². The quantitative estimate of drug-likeness (QED) is 0.423. The van der Waals surface area contributed by atoms with E-state index in [1.165, 1.54) is 16.6 Å². The van der Waals surface area contributed by atoms with Gasteiger partial charge in [-0.15, -0.1) is 21.5 Å². The molecule has 9 heteroatoms. The molecule has 1 fully saturated rings. The van der Waals surface area contributed by atoms with Crippen molar-refractivity contribution in [3.8, 4) is 11.4 Å². The van der Waals surface area contributed by atoms with Crippen molar-refractivity contribution in [1.82, 2.24) is 14.8 Å². The Morgan fingerprint density at radius 3 is 2.90 bits per heavy atom. The standard InChI is InChI=1S/C21H23BrN4O2S2/c1-2-18-10-14(12-29-18)20-24-25-21(26(20)11-17-4-3-9-28-17)30-13-19(27)23-16-7-5-15(22)6-8-16/h5-8,10,12,17H,2-4,9,11,13H2,1H3,(H,23,27). The molecule has 2 aromatic heterocycles. The number of aryl methyl sites for hydroxylation is 1. The van der Waals surface area contributed by atoms with Gasteiger partial charge in [0, 0.05) is 32.6 Å². The topological polar surface area (TPSA) is 69.0 Å². The molecule has 1 N–H and O–H groups in total. The lowest BCUT2D eigenvalue weighted by Gasteiger charge is -2.14. The van der Waals surface area contributed by atoms with Gasteiger partial charge in [-0.2, -0.15) is 0 Å². The molecule has 1 unspecified atom stereocenters. The van der Waals surface area contributed by atoms with E-state index >= 15 is 0 Å². The first-order chi connectivity index (χ1) is 14.6. The number of anilines is 1. The monoisotopic (exact) mass is 506 g/mol. The number of amides is 1. The lowest BCUT2D eigenvalue weighted by Crippen LogP contribution is -2.18. The Morgan fingerprint density at radius 1 is 1.37 bits per heavy atom. The Kier molecular flexibility index (Phi) is 7.24. The fraction of sp³-hybridized carbons (Fsp3) is 0.381. The van der Waals surface area contributed by atoms with Crippen LogP contribution in [0, 0.1) is 0 Å². The summed E-state index contributed by atoms with van der Waals surface area (Å²) in [7, 11) is 0. The van der Waals surface area contributed by atoms with E-state index in [9.17, 15) is 4.79 Å². The Morgan fingerprint density at radius 2 is 2.20 bits per heavy atom. The summed E-state index contributed by atoms with van der Waals surface area (Å²) in [6, 6.07) is 9.71. The summed E-state index contributed by atoms with van der Waals surface area (Å²) in [6.45, 7) is 3.66. The highest BCUT2D eigenvalue weighted by molar-refractivity contribution is 9.10. The maximum absolute atomic E-state index is 12.4. The lowest BCUT2D eigenvalue weighted by molar-refractivity contribution is -0.113. The first-order valence-electron chi connectivity index (χ1n) is 9.93. The molecule has 158 valence electrons. The molecule has 1 aliphatic rings. The predicted molar refractivity (Wildman–Crippen MR) is 125 cm³/mol. The molecule has 3 heterocycles. The minimum atomic E-state index is -0.0701. The van der Waals surface area contributed by atoms with E-state index in [1.54, 1.807) is 11.3 Å². The predicted octanol–water partition coefficient (Wildman–Crippen LogP) is 5.24. The van der Waals surface area contributed by atoms with Gasteiger partial charge in [-0.25, -0.2) is 0 Å². The fourth-order valence-electron chi connectivity index (χ4n) is 3.31. The van der Waals surface area contributed by atoms with Gasteiger partial charge in [-0.3, -0.25) is 9.36 Å². The maximum Gasteiger partial charge on any atom is 0.234 e. The highest BCUT2D eigenvalue weighted by Gasteiger charge is 2.22. The number of halogens is 1. The molecule has 6 nitrogen and oxygen atoms in total. The number of benzene rings is 1. The SMILES string of the molecule is CCc1cc(-c2nnc(SCC(=O)Nc3ccc(Br)cc3)n2CC2CCCO2)cs1. The average Bonchev–Trinajstić information content (AvgIpc) is 3.49. The van der Waals surface area contributed by atoms with Crippen molar-refractivity contribution in [3.63, 3.8) is 0 Å². The highest BCUT2D eigenvalue weighted by atomic mass is 79.9. The number of rotatable bonds is 8. The fourth-order valence-corrected chi connectivity index (χ4v) is 5.13. The van der Waals surface area contributed by atoms with Crippen LogP contribution >= 0.6 is 39.0 Å². The van der Waals surface area contributed by atoms with Crippen molar-refractivity contribution in [1.29, 1.82) is 0 Å². The highest BCUT2D eigenvalue weighted by Crippen LogP contribution is 2.29. The van der Waals surface area contributed by atoms with Crippen LogP contribution in [0.25, 0.3) is 11.4 Å². The summed E-state index contributed by atoms with van der Waals surface area (Å²) in [5.41, 5.74) is 1.85. The van der Waals surface area contributed by atoms with Gasteiger partial charge in [0.1, 0.15) is 0 Å². The van der Waals surface area contributed by atoms with Gasteiger partial charge in [0.15, 0.2) is 11.0 Å². The molecule has 3 aromatic rings.